The lowest BCUT2D eigenvalue weighted by Gasteiger charge is -2.04. The molecule has 0 aliphatic heterocycles. The fraction of sp³-hybridized carbons (Fsp3) is 0.0625. The molecule has 0 bridgehead atoms. The van der Waals surface area contributed by atoms with Crippen LogP contribution in [0.3, 0.4) is 0 Å². The number of fused-ring (bicyclic) bond motifs is 1. The number of benzene rings is 1. The first kappa shape index (κ1) is 13.0. The van der Waals surface area contributed by atoms with Crippen molar-refractivity contribution in [2.75, 3.05) is 0 Å². The van der Waals surface area contributed by atoms with Crippen LogP contribution in [0, 0.1) is 0 Å². The van der Waals surface area contributed by atoms with Gasteiger partial charge in [0.1, 0.15) is 6.54 Å². The molecule has 0 amide bonds. The molecule has 0 atom stereocenters. The molecule has 0 unspecified atom stereocenters. The van der Waals surface area contributed by atoms with E-state index in [0.29, 0.717) is 18.3 Å². The van der Waals surface area contributed by atoms with Crippen LogP contribution < -0.4 is 5.43 Å². The van der Waals surface area contributed by atoms with Crippen molar-refractivity contribution in [3.05, 3.63) is 70.2 Å². The Morgan fingerprint density at radius 3 is 2.82 bits per heavy atom. The topological polar surface area (TPSA) is 60.9 Å². The van der Waals surface area contributed by atoms with E-state index in [2.05, 4.69) is 10.2 Å². The summed E-state index contributed by atoms with van der Waals surface area (Å²) in [5.41, 5.74) is 1.82. The lowest BCUT2D eigenvalue weighted by atomic mass is 10.2. The van der Waals surface area contributed by atoms with Crippen LogP contribution >= 0.6 is 11.3 Å². The van der Waals surface area contributed by atoms with Gasteiger partial charge < -0.3 is 8.98 Å². The Balaban J connectivity index is 1.69. The van der Waals surface area contributed by atoms with E-state index in [4.69, 9.17) is 4.42 Å². The minimum atomic E-state index is 0.0387. The van der Waals surface area contributed by atoms with E-state index in [1.54, 1.807) is 12.3 Å². The molecule has 5 nitrogen and oxygen atoms in total. The van der Waals surface area contributed by atoms with E-state index in [0.717, 1.165) is 15.8 Å². The van der Waals surface area contributed by atoms with Gasteiger partial charge in [0.25, 0.3) is 0 Å². The van der Waals surface area contributed by atoms with Crippen LogP contribution in [0.25, 0.3) is 21.7 Å². The molecule has 0 aliphatic carbocycles. The average Bonchev–Trinajstić information content (AvgIpc) is 3.21. The Morgan fingerprint density at radius 2 is 1.95 bits per heavy atom. The molecular weight excluding hydrogens is 298 g/mol. The van der Waals surface area contributed by atoms with Gasteiger partial charge in [0.15, 0.2) is 5.43 Å². The summed E-state index contributed by atoms with van der Waals surface area (Å²) < 4.78 is 8.39. The molecule has 1 aromatic carbocycles. The third-order valence-electron chi connectivity index (χ3n) is 3.38. The molecule has 6 heteroatoms. The fourth-order valence-corrected chi connectivity index (χ4v) is 3.15. The number of rotatable bonds is 3. The Morgan fingerprint density at radius 1 is 1.09 bits per heavy atom. The van der Waals surface area contributed by atoms with E-state index in [9.17, 15) is 4.79 Å². The third kappa shape index (κ3) is 2.23. The Bertz CT molecular complexity index is 985. The predicted octanol–water partition coefficient (Wildman–Crippen LogP) is 3.16. The molecule has 0 saturated carbocycles. The van der Waals surface area contributed by atoms with Crippen LogP contribution in [0.2, 0.25) is 0 Å². The van der Waals surface area contributed by atoms with Gasteiger partial charge in [-0.3, -0.25) is 4.79 Å². The normalized spacial score (nSPS) is 11.1. The first-order valence-corrected chi connectivity index (χ1v) is 7.64. The van der Waals surface area contributed by atoms with E-state index in [-0.39, 0.29) is 5.43 Å². The highest BCUT2D eigenvalue weighted by molar-refractivity contribution is 7.17. The summed E-state index contributed by atoms with van der Waals surface area (Å²) in [5.74, 6) is 1.01. The quantitative estimate of drug-likeness (QED) is 0.583. The van der Waals surface area contributed by atoms with E-state index in [1.807, 2.05) is 46.3 Å². The highest BCUT2D eigenvalue weighted by Gasteiger charge is 2.10. The van der Waals surface area contributed by atoms with Gasteiger partial charge in [-0.05, 0) is 23.6 Å². The van der Waals surface area contributed by atoms with E-state index >= 15 is 0 Å². The highest BCUT2D eigenvalue weighted by atomic mass is 32.1. The number of hydrogen-bond acceptors (Lipinski definition) is 5. The SMILES string of the molecule is O=c1ccn(Cc2nnc(-c3ccccc3)o2)c2ccsc12. The van der Waals surface area contributed by atoms with Gasteiger partial charge in [-0.15, -0.1) is 21.5 Å². The molecule has 0 N–H and O–H groups in total. The monoisotopic (exact) mass is 309 g/mol. The first-order chi connectivity index (χ1) is 10.8. The van der Waals surface area contributed by atoms with Gasteiger partial charge in [0, 0.05) is 17.8 Å². The zero-order valence-corrected chi connectivity index (χ0v) is 12.3. The Hall–Kier alpha value is -2.73. The molecule has 0 radical (unpaired) electrons. The number of aromatic nitrogens is 3. The molecule has 0 saturated heterocycles. The van der Waals surface area contributed by atoms with Crippen molar-refractivity contribution in [1.82, 2.24) is 14.8 Å². The molecule has 3 heterocycles. The second kappa shape index (κ2) is 5.23. The van der Waals surface area contributed by atoms with Crippen LogP contribution in [-0.4, -0.2) is 14.8 Å². The van der Waals surface area contributed by atoms with Crippen molar-refractivity contribution in [3.8, 4) is 11.5 Å². The minimum absolute atomic E-state index is 0.0387. The largest absolute Gasteiger partial charge is 0.419 e. The molecular formula is C16H11N3O2S. The summed E-state index contributed by atoms with van der Waals surface area (Å²) >= 11 is 1.44. The molecule has 4 aromatic rings. The first-order valence-electron chi connectivity index (χ1n) is 6.76. The van der Waals surface area contributed by atoms with Gasteiger partial charge in [-0.25, -0.2) is 0 Å². The summed E-state index contributed by atoms with van der Waals surface area (Å²) in [6, 6.07) is 13.1. The van der Waals surface area contributed by atoms with Crippen molar-refractivity contribution in [2.24, 2.45) is 0 Å². The molecule has 4 rings (SSSR count). The van der Waals surface area contributed by atoms with Gasteiger partial charge in [-0.1, -0.05) is 18.2 Å². The Kier molecular flexibility index (Phi) is 3.08. The molecule has 22 heavy (non-hydrogen) atoms. The van der Waals surface area contributed by atoms with Crippen molar-refractivity contribution < 1.29 is 4.42 Å². The zero-order valence-electron chi connectivity index (χ0n) is 11.5. The summed E-state index contributed by atoms with van der Waals surface area (Å²) in [5, 5.41) is 10.1. The third-order valence-corrected chi connectivity index (χ3v) is 4.29. The van der Waals surface area contributed by atoms with Crippen molar-refractivity contribution in [2.45, 2.75) is 6.54 Å². The van der Waals surface area contributed by atoms with Crippen molar-refractivity contribution in [3.63, 3.8) is 0 Å². The lowest BCUT2D eigenvalue weighted by Crippen LogP contribution is -2.07. The summed E-state index contributed by atoms with van der Waals surface area (Å²) in [4.78, 5) is 11.8. The molecule has 108 valence electrons. The molecule has 3 aromatic heterocycles. The van der Waals surface area contributed by atoms with E-state index < -0.39 is 0 Å². The number of pyridine rings is 1. The van der Waals surface area contributed by atoms with Crippen LogP contribution in [0.5, 0.6) is 0 Å². The summed E-state index contributed by atoms with van der Waals surface area (Å²) in [6.45, 7) is 0.438. The number of hydrogen-bond donors (Lipinski definition) is 0. The minimum Gasteiger partial charge on any atom is -0.419 e. The lowest BCUT2D eigenvalue weighted by molar-refractivity contribution is 0.491. The van der Waals surface area contributed by atoms with Gasteiger partial charge >= 0.3 is 0 Å². The van der Waals surface area contributed by atoms with Gasteiger partial charge in [0.05, 0.1) is 10.2 Å². The molecule has 0 aliphatic rings. The van der Waals surface area contributed by atoms with E-state index in [1.165, 1.54) is 11.3 Å². The summed E-state index contributed by atoms with van der Waals surface area (Å²) in [6.07, 6.45) is 1.75. The number of nitrogens with zero attached hydrogens (tertiary/aromatic N) is 3. The standard InChI is InChI=1S/C16H11N3O2S/c20-13-6-8-19(12-7-9-22-15(12)13)10-14-17-18-16(21-14)11-4-2-1-3-5-11/h1-9H,10H2. The smallest absolute Gasteiger partial charge is 0.247 e. The maximum Gasteiger partial charge on any atom is 0.247 e. The predicted molar refractivity (Wildman–Crippen MR) is 84.9 cm³/mol. The fourth-order valence-electron chi connectivity index (χ4n) is 2.33. The van der Waals surface area contributed by atoms with Crippen LogP contribution in [0.1, 0.15) is 5.89 Å². The number of thiophene rings is 1. The van der Waals surface area contributed by atoms with Crippen LogP contribution in [-0.2, 0) is 6.54 Å². The second-order valence-corrected chi connectivity index (χ2v) is 5.73. The maximum atomic E-state index is 11.8. The van der Waals surface area contributed by atoms with Crippen LogP contribution in [0.15, 0.2) is 63.3 Å². The van der Waals surface area contributed by atoms with Gasteiger partial charge in [-0.2, -0.15) is 0 Å². The maximum absolute atomic E-state index is 11.8. The van der Waals surface area contributed by atoms with Crippen molar-refractivity contribution in [1.29, 1.82) is 0 Å². The Labute approximate surface area is 129 Å². The highest BCUT2D eigenvalue weighted by Crippen LogP contribution is 2.20. The van der Waals surface area contributed by atoms with Crippen molar-refractivity contribution >= 4 is 21.6 Å². The van der Waals surface area contributed by atoms with Gasteiger partial charge in [0.2, 0.25) is 11.8 Å². The molecule has 0 spiro atoms. The average molecular weight is 309 g/mol. The molecule has 0 fully saturated rings. The summed E-state index contributed by atoms with van der Waals surface area (Å²) in [7, 11) is 0. The van der Waals surface area contributed by atoms with Crippen LogP contribution in [0.4, 0.5) is 0 Å². The zero-order chi connectivity index (χ0) is 14.9. The second-order valence-electron chi connectivity index (χ2n) is 4.81.